The summed E-state index contributed by atoms with van der Waals surface area (Å²) in [5, 5.41) is 11.7. The Hall–Kier alpha value is -2.22. The molecule has 0 unspecified atom stereocenters. The molecule has 0 fully saturated rings. The van der Waals surface area contributed by atoms with Crippen molar-refractivity contribution in [2.24, 2.45) is 0 Å². The van der Waals surface area contributed by atoms with E-state index in [0.29, 0.717) is 16.9 Å². The zero-order valence-corrected chi connectivity index (χ0v) is 11.7. The van der Waals surface area contributed by atoms with Crippen molar-refractivity contribution in [1.29, 1.82) is 5.26 Å². The van der Waals surface area contributed by atoms with Crippen LogP contribution in [0.1, 0.15) is 15.9 Å². The Kier molecular flexibility index (Phi) is 4.14. The highest BCUT2D eigenvalue weighted by molar-refractivity contribution is 6.44. The number of nitrogens with two attached hydrogens (primary N) is 1. The molecular formula is C14H9Cl2N3O. The summed E-state index contributed by atoms with van der Waals surface area (Å²) in [6.45, 7) is 0. The summed E-state index contributed by atoms with van der Waals surface area (Å²) in [6.07, 6.45) is 0. The standard InChI is InChI=1S/C14H9Cl2N3O/c15-12-6-9(18)5-11(13(12)16)14(20)19-10-3-1-8(7-17)2-4-10/h1-6H,18H2,(H,19,20). The van der Waals surface area contributed by atoms with Gasteiger partial charge >= 0.3 is 0 Å². The molecule has 0 aromatic heterocycles. The highest BCUT2D eigenvalue weighted by Gasteiger charge is 2.14. The van der Waals surface area contributed by atoms with E-state index in [4.69, 9.17) is 34.2 Å². The largest absolute Gasteiger partial charge is 0.399 e. The second-order valence-corrected chi connectivity index (χ2v) is 4.79. The number of hydrogen-bond donors (Lipinski definition) is 2. The summed E-state index contributed by atoms with van der Waals surface area (Å²) in [5.41, 5.74) is 7.24. The monoisotopic (exact) mass is 305 g/mol. The molecule has 6 heteroatoms. The van der Waals surface area contributed by atoms with Crippen LogP contribution in [0.15, 0.2) is 36.4 Å². The molecule has 0 saturated carbocycles. The number of benzene rings is 2. The quantitative estimate of drug-likeness (QED) is 0.830. The van der Waals surface area contributed by atoms with Crippen LogP contribution in [0, 0.1) is 11.3 Å². The average Bonchev–Trinajstić information content (AvgIpc) is 2.43. The summed E-state index contributed by atoms with van der Waals surface area (Å²) >= 11 is 11.9. The first kappa shape index (κ1) is 14.2. The summed E-state index contributed by atoms with van der Waals surface area (Å²) in [4.78, 5) is 12.1. The lowest BCUT2D eigenvalue weighted by atomic mass is 10.1. The van der Waals surface area contributed by atoms with Gasteiger partial charge in [-0.25, -0.2) is 0 Å². The third-order valence-corrected chi connectivity index (χ3v) is 3.37. The van der Waals surface area contributed by atoms with E-state index in [9.17, 15) is 4.79 Å². The van der Waals surface area contributed by atoms with Crippen molar-refractivity contribution in [1.82, 2.24) is 0 Å². The van der Waals surface area contributed by atoms with E-state index >= 15 is 0 Å². The van der Waals surface area contributed by atoms with Gasteiger partial charge in [0, 0.05) is 11.4 Å². The predicted molar refractivity (Wildman–Crippen MR) is 80.0 cm³/mol. The number of anilines is 2. The van der Waals surface area contributed by atoms with Crippen LogP contribution in [0.2, 0.25) is 10.0 Å². The van der Waals surface area contributed by atoms with Crippen LogP contribution >= 0.6 is 23.2 Å². The van der Waals surface area contributed by atoms with E-state index < -0.39 is 5.91 Å². The minimum atomic E-state index is -0.422. The first-order valence-corrected chi connectivity index (χ1v) is 6.33. The van der Waals surface area contributed by atoms with E-state index in [-0.39, 0.29) is 15.6 Å². The number of carbonyl (C=O) groups excluding carboxylic acids is 1. The van der Waals surface area contributed by atoms with E-state index in [0.717, 1.165) is 0 Å². The van der Waals surface area contributed by atoms with Gasteiger partial charge in [0.15, 0.2) is 0 Å². The lowest BCUT2D eigenvalue weighted by molar-refractivity contribution is 0.102. The lowest BCUT2D eigenvalue weighted by Crippen LogP contribution is -2.13. The molecule has 0 aliphatic heterocycles. The minimum Gasteiger partial charge on any atom is -0.399 e. The van der Waals surface area contributed by atoms with Crippen molar-refractivity contribution >= 4 is 40.5 Å². The van der Waals surface area contributed by atoms with Gasteiger partial charge in [-0.2, -0.15) is 5.26 Å². The van der Waals surface area contributed by atoms with E-state index in [2.05, 4.69) is 5.32 Å². The topological polar surface area (TPSA) is 78.9 Å². The van der Waals surface area contributed by atoms with Crippen molar-refractivity contribution in [3.8, 4) is 6.07 Å². The van der Waals surface area contributed by atoms with Crippen molar-refractivity contribution in [3.05, 3.63) is 57.6 Å². The molecule has 0 atom stereocenters. The molecule has 4 nitrogen and oxygen atoms in total. The van der Waals surface area contributed by atoms with Gasteiger partial charge in [-0.1, -0.05) is 23.2 Å². The Morgan fingerprint density at radius 1 is 1.20 bits per heavy atom. The van der Waals surface area contributed by atoms with Gasteiger partial charge < -0.3 is 11.1 Å². The van der Waals surface area contributed by atoms with E-state index in [1.807, 2.05) is 6.07 Å². The Bertz CT molecular complexity index is 706. The molecule has 1 amide bonds. The van der Waals surface area contributed by atoms with Crippen molar-refractivity contribution in [2.75, 3.05) is 11.1 Å². The second-order valence-electron chi connectivity index (χ2n) is 4.01. The van der Waals surface area contributed by atoms with Crippen LogP contribution in [0.5, 0.6) is 0 Å². The van der Waals surface area contributed by atoms with Crippen LogP contribution in [-0.4, -0.2) is 5.91 Å². The Labute approximate surface area is 125 Å². The van der Waals surface area contributed by atoms with Gasteiger partial charge in [-0.15, -0.1) is 0 Å². The van der Waals surface area contributed by atoms with Crippen LogP contribution < -0.4 is 11.1 Å². The summed E-state index contributed by atoms with van der Waals surface area (Å²) in [5.74, 6) is -0.422. The number of nitrogen functional groups attached to an aromatic ring is 1. The highest BCUT2D eigenvalue weighted by Crippen LogP contribution is 2.29. The fourth-order valence-corrected chi connectivity index (χ4v) is 2.02. The number of nitrogens with one attached hydrogen (secondary N) is 1. The molecule has 0 radical (unpaired) electrons. The number of rotatable bonds is 2. The summed E-state index contributed by atoms with van der Waals surface area (Å²) in [7, 11) is 0. The molecule has 2 rings (SSSR count). The number of hydrogen-bond acceptors (Lipinski definition) is 3. The zero-order chi connectivity index (χ0) is 14.7. The van der Waals surface area contributed by atoms with Crippen LogP contribution in [0.25, 0.3) is 0 Å². The van der Waals surface area contributed by atoms with E-state index in [1.54, 1.807) is 24.3 Å². The molecule has 0 aliphatic rings. The number of nitrogens with zero attached hydrogens (tertiary/aromatic N) is 1. The maximum Gasteiger partial charge on any atom is 0.257 e. The summed E-state index contributed by atoms with van der Waals surface area (Å²) in [6, 6.07) is 11.4. The highest BCUT2D eigenvalue weighted by atomic mass is 35.5. The number of carbonyl (C=O) groups is 1. The maximum atomic E-state index is 12.1. The second kappa shape index (κ2) is 5.83. The molecule has 2 aromatic rings. The fourth-order valence-electron chi connectivity index (χ4n) is 1.60. The SMILES string of the molecule is N#Cc1ccc(NC(=O)c2cc(N)cc(Cl)c2Cl)cc1. The van der Waals surface area contributed by atoms with Gasteiger partial charge in [-0.05, 0) is 36.4 Å². The average molecular weight is 306 g/mol. The molecule has 0 bridgehead atoms. The van der Waals surface area contributed by atoms with Gasteiger partial charge in [0.25, 0.3) is 5.91 Å². The number of halogens is 2. The zero-order valence-electron chi connectivity index (χ0n) is 10.2. The smallest absolute Gasteiger partial charge is 0.257 e. The predicted octanol–water partition coefficient (Wildman–Crippen LogP) is 3.70. The van der Waals surface area contributed by atoms with Gasteiger partial charge in [-0.3, -0.25) is 4.79 Å². The van der Waals surface area contributed by atoms with Crippen molar-refractivity contribution in [3.63, 3.8) is 0 Å². The molecule has 100 valence electrons. The third-order valence-electron chi connectivity index (χ3n) is 2.57. The Morgan fingerprint density at radius 3 is 2.45 bits per heavy atom. The van der Waals surface area contributed by atoms with Crippen LogP contribution in [0.4, 0.5) is 11.4 Å². The number of nitriles is 1. The molecular weight excluding hydrogens is 297 g/mol. The van der Waals surface area contributed by atoms with Gasteiger partial charge in [0.05, 0.1) is 27.2 Å². The molecule has 0 aliphatic carbocycles. The molecule has 2 aromatic carbocycles. The van der Waals surface area contributed by atoms with Crippen molar-refractivity contribution < 1.29 is 4.79 Å². The van der Waals surface area contributed by atoms with Crippen LogP contribution in [-0.2, 0) is 0 Å². The first-order valence-electron chi connectivity index (χ1n) is 5.57. The van der Waals surface area contributed by atoms with E-state index in [1.165, 1.54) is 12.1 Å². The molecule has 0 spiro atoms. The Morgan fingerprint density at radius 2 is 1.85 bits per heavy atom. The fraction of sp³-hybridized carbons (Fsp3) is 0. The molecule has 0 heterocycles. The molecule has 3 N–H and O–H groups in total. The Balaban J connectivity index is 2.26. The lowest BCUT2D eigenvalue weighted by Gasteiger charge is -2.09. The van der Waals surface area contributed by atoms with Crippen LogP contribution in [0.3, 0.4) is 0 Å². The van der Waals surface area contributed by atoms with Gasteiger partial charge in [0.1, 0.15) is 0 Å². The summed E-state index contributed by atoms with van der Waals surface area (Å²) < 4.78 is 0. The van der Waals surface area contributed by atoms with Crippen molar-refractivity contribution in [2.45, 2.75) is 0 Å². The third kappa shape index (κ3) is 3.02. The minimum absolute atomic E-state index is 0.145. The van der Waals surface area contributed by atoms with Gasteiger partial charge in [0.2, 0.25) is 0 Å². The molecule has 0 saturated heterocycles. The first-order chi connectivity index (χ1) is 9.51. The normalized spacial score (nSPS) is 9.85. The number of amides is 1. The molecule has 20 heavy (non-hydrogen) atoms. The maximum absolute atomic E-state index is 12.1.